The highest BCUT2D eigenvalue weighted by Gasteiger charge is 2.23. The molecule has 0 unspecified atom stereocenters. The van der Waals surface area contributed by atoms with Crippen molar-refractivity contribution in [3.63, 3.8) is 0 Å². The van der Waals surface area contributed by atoms with Gasteiger partial charge in [0.1, 0.15) is 22.5 Å². The lowest BCUT2D eigenvalue weighted by molar-refractivity contribution is -0.570. The van der Waals surface area contributed by atoms with Gasteiger partial charge in [-0.3, -0.25) is 14.0 Å². The first-order valence-corrected chi connectivity index (χ1v) is 11.3. The number of hydrogen-bond acceptors (Lipinski definition) is 8. The second-order valence-corrected chi connectivity index (χ2v) is 8.09. The van der Waals surface area contributed by atoms with E-state index in [1.807, 2.05) is 42.6 Å². The lowest BCUT2D eigenvalue weighted by atomic mass is 10.2. The van der Waals surface area contributed by atoms with Crippen molar-refractivity contribution >= 4 is 41.0 Å². The maximum Gasteiger partial charge on any atom is 0.311 e. The molecule has 0 aliphatic rings. The number of quaternary nitrogens is 1. The highest BCUT2D eigenvalue weighted by atomic mass is 32.1. The zero-order valence-corrected chi connectivity index (χ0v) is 19.3. The highest BCUT2D eigenvalue weighted by Crippen LogP contribution is 2.19. The molecule has 2 amide bonds. The van der Waals surface area contributed by atoms with Crippen molar-refractivity contribution in [1.82, 2.24) is 24.7 Å². The summed E-state index contributed by atoms with van der Waals surface area (Å²) in [6.45, 7) is 0.0724. The molecule has 1 aromatic carbocycles. The first-order chi connectivity index (χ1) is 17.0. The summed E-state index contributed by atoms with van der Waals surface area (Å²) < 4.78 is 1.74. The van der Waals surface area contributed by atoms with Crippen molar-refractivity contribution in [2.45, 2.75) is 6.54 Å². The van der Waals surface area contributed by atoms with Gasteiger partial charge in [0.05, 0.1) is 19.3 Å². The minimum atomic E-state index is -0.610. The molecular weight excluding hydrogens is 466 g/mol. The third kappa shape index (κ3) is 5.27. The first-order valence-electron chi connectivity index (χ1n) is 10.4. The van der Waals surface area contributed by atoms with Crippen LogP contribution in [-0.2, 0) is 16.1 Å². The van der Waals surface area contributed by atoms with Crippen LogP contribution in [0.1, 0.15) is 10.7 Å². The van der Waals surface area contributed by atoms with E-state index in [4.69, 9.17) is 10.7 Å². The second-order valence-electron chi connectivity index (χ2n) is 7.15. The van der Waals surface area contributed by atoms with Crippen LogP contribution in [0.25, 0.3) is 17.0 Å². The van der Waals surface area contributed by atoms with Crippen LogP contribution in [0.5, 0.6) is 0 Å². The largest absolute Gasteiger partial charge is 0.345 e. The smallest absolute Gasteiger partial charge is 0.311 e. The normalized spacial score (nSPS) is 11.4. The summed E-state index contributed by atoms with van der Waals surface area (Å²) in [7, 11) is 1.60. The van der Waals surface area contributed by atoms with Crippen LogP contribution in [0.4, 0.5) is 5.82 Å². The van der Waals surface area contributed by atoms with E-state index in [0.717, 1.165) is 17.5 Å². The average Bonchev–Trinajstić information content (AvgIpc) is 3.52. The Kier molecular flexibility index (Phi) is 7.01. The van der Waals surface area contributed by atoms with Gasteiger partial charge in [-0.25, -0.2) is 9.97 Å². The van der Waals surface area contributed by atoms with Crippen LogP contribution < -0.4 is 16.0 Å². The van der Waals surface area contributed by atoms with E-state index in [1.165, 1.54) is 16.7 Å². The number of benzene rings is 1. The molecule has 174 valence electrons. The van der Waals surface area contributed by atoms with E-state index >= 15 is 0 Å². The van der Waals surface area contributed by atoms with Gasteiger partial charge in [0, 0.05) is 29.6 Å². The predicted octanol–water partition coefficient (Wildman–Crippen LogP) is 1.08. The molecule has 11 nitrogen and oxygen atoms in total. The molecule has 0 saturated carbocycles. The number of imidazole rings is 1. The fraction of sp³-hybridized carbons (Fsp3) is 0.0870. The monoisotopic (exact) mass is 486 g/mol. The van der Waals surface area contributed by atoms with Gasteiger partial charge in [-0.2, -0.15) is 10.2 Å². The van der Waals surface area contributed by atoms with Crippen LogP contribution in [0.3, 0.4) is 0 Å². The molecule has 0 spiro atoms. The van der Waals surface area contributed by atoms with E-state index in [2.05, 4.69) is 25.6 Å². The number of carbonyl (C=O) groups excluding carboxylic acids is 2. The number of likely N-dealkylation sites (N-methyl/N-ethyl adjacent to an activating group) is 1. The van der Waals surface area contributed by atoms with Crippen molar-refractivity contribution in [1.29, 1.82) is 10.7 Å². The molecule has 12 heteroatoms. The van der Waals surface area contributed by atoms with E-state index < -0.39 is 11.8 Å². The number of nitrogens with two attached hydrogens (primary N) is 1. The maximum atomic E-state index is 12.9. The fourth-order valence-corrected chi connectivity index (χ4v) is 3.90. The Hall–Kier alpha value is -4.73. The Balaban J connectivity index is 1.51. The van der Waals surface area contributed by atoms with E-state index in [-0.39, 0.29) is 29.3 Å². The molecule has 0 fully saturated rings. The van der Waals surface area contributed by atoms with Crippen LogP contribution in [0.15, 0.2) is 65.4 Å². The molecule has 0 saturated heterocycles. The Morgan fingerprint density at radius 2 is 2.00 bits per heavy atom. The molecule has 0 atom stereocenters. The zero-order valence-electron chi connectivity index (χ0n) is 18.5. The number of nitrogens with one attached hydrogen (secondary N) is 3. The number of carbonyl (C=O) groups is 2. The van der Waals surface area contributed by atoms with Gasteiger partial charge in [0.15, 0.2) is 5.69 Å². The van der Waals surface area contributed by atoms with Gasteiger partial charge in [-0.1, -0.05) is 30.3 Å². The highest BCUT2D eigenvalue weighted by molar-refractivity contribution is 7.09. The molecule has 5 N–H and O–H groups in total. The Morgan fingerprint density at radius 3 is 2.69 bits per heavy atom. The predicted molar refractivity (Wildman–Crippen MR) is 129 cm³/mol. The summed E-state index contributed by atoms with van der Waals surface area (Å²) in [5.74, 6) is -0.545. The standard InChI is InChI=1S/C23H19N9O2S/c1-26-20(16(10-25)21(33)27-11-19-28-15(9-24)13-35-19)22(34)30-18-7-8-32-12-17(29-23(32)31-18)14-5-3-2-4-6-14/h2-8,10,12-13,25-26H,11H2,1H3,(H,27,33)(H,29,30,31,34)/p+1. The number of anilines is 1. The summed E-state index contributed by atoms with van der Waals surface area (Å²) in [5, 5.41) is 25.4. The van der Waals surface area contributed by atoms with Gasteiger partial charge in [0.25, 0.3) is 5.91 Å². The first kappa shape index (κ1) is 23.4. The van der Waals surface area contributed by atoms with Gasteiger partial charge in [0.2, 0.25) is 11.5 Å². The van der Waals surface area contributed by atoms with Gasteiger partial charge >= 0.3 is 5.91 Å². The summed E-state index contributed by atoms with van der Waals surface area (Å²) in [6.07, 6.45) is 4.39. The third-order valence-corrected chi connectivity index (χ3v) is 5.77. The number of fused-ring (bicyclic) bond motifs is 1. The van der Waals surface area contributed by atoms with E-state index in [0.29, 0.717) is 10.8 Å². The minimum absolute atomic E-state index is 0.0179. The van der Waals surface area contributed by atoms with Crippen LogP contribution >= 0.6 is 11.3 Å². The van der Waals surface area contributed by atoms with Gasteiger partial charge < -0.3 is 21.4 Å². The SMILES string of the molecule is C[NH2+]C(C(=O)Nc1ccn2cc(-c3ccccc3)nc2n1)=C(C=N)C(=O)NCc1nc(C#N)cs1. The minimum Gasteiger partial charge on any atom is -0.345 e. The number of nitriles is 1. The summed E-state index contributed by atoms with van der Waals surface area (Å²) >= 11 is 1.23. The maximum absolute atomic E-state index is 12.9. The topological polar surface area (TPSA) is 166 Å². The number of aromatic nitrogens is 4. The van der Waals surface area contributed by atoms with E-state index in [9.17, 15) is 9.59 Å². The van der Waals surface area contributed by atoms with Crippen molar-refractivity contribution in [2.75, 3.05) is 12.4 Å². The molecular formula is C23H20N9O2S+. The summed E-state index contributed by atoms with van der Waals surface area (Å²) in [6, 6.07) is 13.2. The molecule has 3 aromatic heterocycles. The van der Waals surface area contributed by atoms with E-state index in [1.54, 1.807) is 29.1 Å². The molecule has 0 bridgehead atoms. The zero-order chi connectivity index (χ0) is 24.8. The lowest BCUT2D eigenvalue weighted by Crippen LogP contribution is -2.80. The Labute approximate surface area is 203 Å². The molecule has 35 heavy (non-hydrogen) atoms. The number of amides is 2. The van der Waals surface area contributed by atoms with Crippen molar-refractivity contribution < 1.29 is 14.9 Å². The Morgan fingerprint density at radius 1 is 1.20 bits per heavy atom. The molecule has 4 aromatic rings. The van der Waals surface area contributed by atoms with Crippen molar-refractivity contribution in [3.05, 3.63) is 76.1 Å². The quantitative estimate of drug-likeness (QED) is 0.215. The average molecular weight is 487 g/mol. The number of nitrogens with zero attached hydrogens (tertiary/aromatic N) is 5. The molecule has 0 aliphatic carbocycles. The molecule has 0 aliphatic heterocycles. The second kappa shape index (κ2) is 10.5. The Bertz CT molecular complexity index is 1480. The number of rotatable bonds is 8. The molecule has 3 heterocycles. The van der Waals surface area contributed by atoms with Crippen LogP contribution in [-0.4, -0.2) is 44.4 Å². The lowest BCUT2D eigenvalue weighted by Gasteiger charge is -2.09. The number of hydrogen-bond donors (Lipinski definition) is 4. The fourth-order valence-electron chi connectivity index (χ4n) is 3.24. The summed E-state index contributed by atoms with van der Waals surface area (Å²) in [5.41, 5.74) is 1.85. The van der Waals surface area contributed by atoms with Crippen molar-refractivity contribution in [3.8, 4) is 17.3 Å². The van der Waals surface area contributed by atoms with Gasteiger partial charge in [-0.15, -0.1) is 11.3 Å². The number of thiazole rings is 1. The molecule has 0 radical (unpaired) electrons. The third-order valence-electron chi connectivity index (χ3n) is 4.92. The van der Waals surface area contributed by atoms with Crippen LogP contribution in [0.2, 0.25) is 0 Å². The molecule has 4 rings (SSSR count). The summed E-state index contributed by atoms with van der Waals surface area (Å²) in [4.78, 5) is 38.5. The van der Waals surface area contributed by atoms with Crippen molar-refractivity contribution in [2.24, 2.45) is 0 Å². The van der Waals surface area contributed by atoms with Crippen LogP contribution in [0, 0.1) is 16.7 Å². The van der Waals surface area contributed by atoms with Gasteiger partial charge in [-0.05, 0) is 6.07 Å².